The van der Waals surface area contributed by atoms with Crippen LogP contribution in [0.1, 0.15) is 27.4 Å². The number of nitrogens with zero attached hydrogens (tertiary/aromatic N) is 1. The van der Waals surface area contributed by atoms with E-state index < -0.39 is 0 Å². The zero-order chi connectivity index (χ0) is 21.6. The van der Waals surface area contributed by atoms with Crippen molar-refractivity contribution in [2.75, 3.05) is 20.2 Å². The number of methoxy groups -OCH3 is 1. The maximum atomic E-state index is 13.2. The minimum Gasteiger partial charge on any atom is -0.496 e. The third kappa shape index (κ3) is 4.61. The molecule has 1 aliphatic heterocycles. The van der Waals surface area contributed by atoms with Crippen molar-refractivity contribution in [1.82, 2.24) is 10.2 Å². The fraction of sp³-hybridized carbons (Fsp3) is 0.231. The van der Waals surface area contributed by atoms with Crippen molar-refractivity contribution >= 4 is 11.8 Å². The zero-order valence-electron chi connectivity index (χ0n) is 17.5. The number of carbonyl (C=O) groups is 2. The topological polar surface area (TPSA) is 58.6 Å². The Morgan fingerprint density at radius 3 is 2.26 bits per heavy atom. The van der Waals surface area contributed by atoms with Crippen LogP contribution in [0.25, 0.3) is 0 Å². The van der Waals surface area contributed by atoms with Crippen molar-refractivity contribution in [3.8, 4) is 5.75 Å². The molecule has 0 bridgehead atoms. The molecule has 1 fully saturated rings. The highest BCUT2D eigenvalue weighted by atomic mass is 16.5. The first-order chi connectivity index (χ1) is 15.2. The Morgan fingerprint density at radius 1 is 0.903 bits per heavy atom. The second-order valence-corrected chi connectivity index (χ2v) is 7.73. The first-order valence-corrected chi connectivity index (χ1v) is 10.5. The first kappa shape index (κ1) is 20.7. The number of carbonyl (C=O) groups excluding carboxylic acids is 2. The number of hydrogen-bond donors (Lipinski definition) is 1. The Kier molecular flexibility index (Phi) is 6.32. The van der Waals surface area contributed by atoms with Crippen LogP contribution < -0.4 is 10.1 Å². The molecule has 0 saturated carbocycles. The molecular weight excluding hydrogens is 388 g/mol. The van der Waals surface area contributed by atoms with Crippen LogP contribution in [0.4, 0.5) is 0 Å². The van der Waals surface area contributed by atoms with Gasteiger partial charge in [0.05, 0.1) is 13.0 Å². The predicted molar refractivity (Wildman–Crippen MR) is 120 cm³/mol. The van der Waals surface area contributed by atoms with Gasteiger partial charge in [0.1, 0.15) is 5.75 Å². The normalized spacial score (nSPS) is 17.9. The van der Waals surface area contributed by atoms with E-state index in [4.69, 9.17) is 4.74 Å². The van der Waals surface area contributed by atoms with Crippen LogP contribution in [0.15, 0.2) is 84.9 Å². The van der Waals surface area contributed by atoms with Gasteiger partial charge < -0.3 is 15.0 Å². The number of ether oxygens (including phenoxy) is 1. The van der Waals surface area contributed by atoms with Crippen molar-refractivity contribution in [3.05, 3.63) is 102 Å². The Balaban J connectivity index is 1.58. The van der Waals surface area contributed by atoms with E-state index in [2.05, 4.69) is 5.32 Å². The molecule has 1 saturated heterocycles. The second-order valence-electron chi connectivity index (χ2n) is 7.73. The molecule has 0 aliphatic carbocycles. The van der Waals surface area contributed by atoms with Crippen LogP contribution in [0, 0.1) is 5.92 Å². The monoisotopic (exact) mass is 414 g/mol. The number of hydrogen-bond acceptors (Lipinski definition) is 3. The van der Waals surface area contributed by atoms with Gasteiger partial charge in [-0.25, -0.2) is 0 Å². The van der Waals surface area contributed by atoms with E-state index in [9.17, 15) is 9.59 Å². The summed E-state index contributed by atoms with van der Waals surface area (Å²) in [6, 6.07) is 26.8. The van der Waals surface area contributed by atoms with Gasteiger partial charge in [0, 0.05) is 31.1 Å². The SMILES string of the molecule is COc1ccccc1[C@H]1CN(C(=O)c2ccccc2)C[C@H]1C(=O)NCc1ccccc1. The minimum absolute atomic E-state index is 0.0527. The number of nitrogens with one attached hydrogen (secondary N) is 1. The molecule has 5 nitrogen and oxygen atoms in total. The van der Waals surface area contributed by atoms with Crippen LogP contribution in [0.2, 0.25) is 0 Å². The molecule has 2 atom stereocenters. The summed E-state index contributed by atoms with van der Waals surface area (Å²) in [5, 5.41) is 3.06. The van der Waals surface area contributed by atoms with Crippen molar-refractivity contribution in [2.45, 2.75) is 12.5 Å². The molecule has 5 heteroatoms. The molecular formula is C26H26N2O3. The maximum absolute atomic E-state index is 13.2. The minimum atomic E-state index is -0.354. The summed E-state index contributed by atoms with van der Waals surface area (Å²) in [7, 11) is 1.63. The lowest BCUT2D eigenvalue weighted by atomic mass is 9.87. The molecule has 1 heterocycles. The largest absolute Gasteiger partial charge is 0.496 e. The third-order valence-electron chi connectivity index (χ3n) is 5.81. The summed E-state index contributed by atoms with van der Waals surface area (Å²) in [4.78, 5) is 28.1. The van der Waals surface area contributed by atoms with Gasteiger partial charge in [-0.3, -0.25) is 9.59 Å². The molecule has 0 radical (unpaired) electrons. The van der Waals surface area contributed by atoms with E-state index in [0.29, 0.717) is 25.2 Å². The molecule has 1 N–H and O–H groups in total. The van der Waals surface area contributed by atoms with Crippen LogP contribution >= 0.6 is 0 Å². The lowest BCUT2D eigenvalue weighted by Gasteiger charge is -2.20. The molecule has 1 aliphatic rings. The van der Waals surface area contributed by atoms with Crippen LogP contribution in [0.3, 0.4) is 0 Å². The lowest BCUT2D eigenvalue weighted by molar-refractivity contribution is -0.125. The third-order valence-corrected chi connectivity index (χ3v) is 5.81. The van der Waals surface area contributed by atoms with Gasteiger partial charge in [-0.05, 0) is 29.3 Å². The Bertz CT molecular complexity index is 1040. The number of likely N-dealkylation sites (tertiary alicyclic amines) is 1. The number of amides is 2. The van der Waals surface area contributed by atoms with Crippen molar-refractivity contribution in [2.24, 2.45) is 5.92 Å². The van der Waals surface area contributed by atoms with Gasteiger partial charge in [0.25, 0.3) is 5.91 Å². The average molecular weight is 415 g/mol. The van der Waals surface area contributed by atoms with Gasteiger partial charge in [-0.15, -0.1) is 0 Å². The lowest BCUT2D eigenvalue weighted by Crippen LogP contribution is -2.35. The Hall–Kier alpha value is -3.60. The summed E-state index contributed by atoms with van der Waals surface area (Å²) < 4.78 is 5.56. The van der Waals surface area contributed by atoms with Crippen molar-refractivity contribution in [3.63, 3.8) is 0 Å². The standard InChI is InChI=1S/C26H26N2O3/c1-31-24-15-9-8-14-21(24)22-17-28(26(30)20-12-6-3-7-13-20)18-23(22)25(29)27-16-19-10-4-2-5-11-19/h2-15,22-23H,16-18H2,1H3,(H,27,29)/t22-,23-/m1/s1. The summed E-state index contributed by atoms with van der Waals surface area (Å²) in [6.45, 7) is 1.30. The molecule has 4 rings (SSSR count). The first-order valence-electron chi connectivity index (χ1n) is 10.5. The number of benzene rings is 3. The predicted octanol–water partition coefficient (Wildman–Crippen LogP) is 3.87. The van der Waals surface area contributed by atoms with Gasteiger partial charge in [0.15, 0.2) is 0 Å². The van der Waals surface area contributed by atoms with Crippen LogP contribution in [-0.2, 0) is 11.3 Å². The molecule has 0 unspecified atom stereocenters. The Morgan fingerprint density at radius 2 is 1.55 bits per heavy atom. The van der Waals surface area contributed by atoms with Gasteiger partial charge in [-0.1, -0.05) is 66.7 Å². The smallest absolute Gasteiger partial charge is 0.253 e. The summed E-state index contributed by atoms with van der Waals surface area (Å²) >= 11 is 0. The van der Waals surface area contributed by atoms with Gasteiger partial charge in [0.2, 0.25) is 5.91 Å². The van der Waals surface area contributed by atoms with E-state index in [-0.39, 0.29) is 23.7 Å². The summed E-state index contributed by atoms with van der Waals surface area (Å²) in [6.07, 6.45) is 0. The number of para-hydroxylation sites is 1. The van der Waals surface area contributed by atoms with E-state index in [0.717, 1.165) is 16.9 Å². The number of rotatable bonds is 6. The molecule has 3 aromatic carbocycles. The second kappa shape index (κ2) is 9.47. The van der Waals surface area contributed by atoms with E-state index >= 15 is 0 Å². The Labute approximate surface area is 182 Å². The molecule has 158 valence electrons. The maximum Gasteiger partial charge on any atom is 0.253 e. The highest BCUT2D eigenvalue weighted by molar-refractivity contribution is 5.95. The highest BCUT2D eigenvalue weighted by Crippen LogP contribution is 2.38. The van der Waals surface area contributed by atoms with Crippen LogP contribution in [-0.4, -0.2) is 36.9 Å². The molecule has 31 heavy (non-hydrogen) atoms. The van der Waals surface area contributed by atoms with E-state index in [1.54, 1.807) is 12.0 Å². The fourth-order valence-corrected chi connectivity index (χ4v) is 4.20. The van der Waals surface area contributed by atoms with E-state index in [1.165, 1.54) is 0 Å². The van der Waals surface area contributed by atoms with Crippen LogP contribution in [0.5, 0.6) is 5.75 Å². The molecule has 2 amide bonds. The van der Waals surface area contributed by atoms with Gasteiger partial charge >= 0.3 is 0 Å². The van der Waals surface area contributed by atoms with Crippen molar-refractivity contribution < 1.29 is 14.3 Å². The summed E-state index contributed by atoms with van der Waals surface area (Å²) in [5.74, 6) is 0.136. The van der Waals surface area contributed by atoms with Gasteiger partial charge in [-0.2, -0.15) is 0 Å². The van der Waals surface area contributed by atoms with Crippen molar-refractivity contribution in [1.29, 1.82) is 0 Å². The highest BCUT2D eigenvalue weighted by Gasteiger charge is 2.41. The zero-order valence-corrected chi connectivity index (χ0v) is 17.5. The summed E-state index contributed by atoms with van der Waals surface area (Å²) in [5.41, 5.74) is 2.62. The fourth-order valence-electron chi connectivity index (χ4n) is 4.20. The quantitative estimate of drug-likeness (QED) is 0.666. The molecule has 0 spiro atoms. The molecule has 3 aromatic rings. The molecule has 0 aromatic heterocycles. The van der Waals surface area contributed by atoms with E-state index in [1.807, 2.05) is 84.9 Å². The average Bonchev–Trinajstić information content (AvgIpc) is 3.28.